The molecule has 0 unspecified atom stereocenters. The van der Waals surface area contributed by atoms with Gasteiger partial charge in [-0.25, -0.2) is 0 Å². The molecule has 1 heteroatoms. The molecular weight excluding hydrogens is 158 g/mol. The Morgan fingerprint density at radius 3 is 2.46 bits per heavy atom. The molecule has 0 bridgehead atoms. The maximum atomic E-state index is 5.69. The Labute approximate surface area is 79.6 Å². The van der Waals surface area contributed by atoms with Crippen LogP contribution in [0.3, 0.4) is 0 Å². The van der Waals surface area contributed by atoms with Crippen molar-refractivity contribution in [3.05, 3.63) is 53.7 Å². The van der Waals surface area contributed by atoms with Crippen molar-refractivity contribution in [2.45, 2.75) is 13.8 Å². The molecule has 0 atom stereocenters. The summed E-state index contributed by atoms with van der Waals surface area (Å²) in [5.41, 5.74) is 9.72. The molecule has 0 heterocycles. The summed E-state index contributed by atoms with van der Waals surface area (Å²) in [6, 6.07) is 8.16. The lowest BCUT2D eigenvalue weighted by atomic mass is 9.99. The van der Waals surface area contributed by atoms with Gasteiger partial charge in [-0.2, -0.15) is 0 Å². The van der Waals surface area contributed by atoms with E-state index in [-0.39, 0.29) is 0 Å². The molecule has 1 rings (SSSR count). The van der Waals surface area contributed by atoms with Gasteiger partial charge in [0, 0.05) is 11.3 Å². The topological polar surface area (TPSA) is 26.0 Å². The van der Waals surface area contributed by atoms with Crippen molar-refractivity contribution >= 4 is 5.57 Å². The number of hydrogen-bond donors (Lipinski definition) is 1. The van der Waals surface area contributed by atoms with Crippen LogP contribution in [0.2, 0.25) is 0 Å². The maximum Gasteiger partial charge on any atom is 0.0317 e. The fourth-order valence-corrected chi connectivity index (χ4v) is 1.39. The molecule has 0 aliphatic carbocycles. The summed E-state index contributed by atoms with van der Waals surface area (Å²) in [6.07, 6.45) is 1.99. The number of nitrogens with two attached hydrogens (primary N) is 1. The van der Waals surface area contributed by atoms with Crippen LogP contribution in [0.15, 0.2) is 42.6 Å². The Bertz CT molecular complexity index is 348. The van der Waals surface area contributed by atoms with E-state index in [1.54, 1.807) is 0 Å². The number of rotatable bonds is 2. The van der Waals surface area contributed by atoms with Gasteiger partial charge in [0.1, 0.15) is 0 Å². The Kier molecular flexibility index (Phi) is 2.91. The van der Waals surface area contributed by atoms with Gasteiger partial charge >= 0.3 is 0 Å². The first kappa shape index (κ1) is 9.59. The third-order valence-electron chi connectivity index (χ3n) is 2.07. The summed E-state index contributed by atoms with van der Waals surface area (Å²) >= 11 is 0. The largest absolute Gasteiger partial charge is 0.399 e. The van der Waals surface area contributed by atoms with E-state index in [0.29, 0.717) is 5.70 Å². The number of allylic oxidation sites excluding steroid dienone is 2. The second-order valence-electron chi connectivity index (χ2n) is 3.04. The van der Waals surface area contributed by atoms with Crippen LogP contribution >= 0.6 is 0 Å². The molecule has 0 aliphatic rings. The molecule has 0 saturated carbocycles. The van der Waals surface area contributed by atoms with E-state index in [1.807, 2.05) is 25.1 Å². The molecule has 0 amide bonds. The zero-order valence-corrected chi connectivity index (χ0v) is 8.17. The highest BCUT2D eigenvalue weighted by Gasteiger charge is 2.03. The minimum atomic E-state index is 0.622. The third-order valence-corrected chi connectivity index (χ3v) is 2.07. The molecule has 1 aromatic rings. The first-order valence-electron chi connectivity index (χ1n) is 4.34. The molecule has 0 radical (unpaired) electrons. The van der Waals surface area contributed by atoms with Gasteiger partial charge in [-0.3, -0.25) is 0 Å². The van der Waals surface area contributed by atoms with Crippen LogP contribution in [0.5, 0.6) is 0 Å². The summed E-state index contributed by atoms with van der Waals surface area (Å²) < 4.78 is 0. The Hall–Kier alpha value is -1.50. The van der Waals surface area contributed by atoms with Crippen LogP contribution in [0.25, 0.3) is 5.57 Å². The third kappa shape index (κ3) is 2.00. The molecule has 1 nitrogen and oxygen atoms in total. The smallest absolute Gasteiger partial charge is 0.0317 e. The molecule has 0 aliphatic heterocycles. The lowest BCUT2D eigenvalue weighted by molar-refractivity contribution is 1.37. The Morgan fingerprint density at radius 2 is 2.00 bits per heavy atom. The molecule has 0 aromatic heterocycles. The highest BCUT2D eigenvalue weighted by molar-refractivity contribution is 5.78. The highest BCUT2D eigenvalue weighted by atomic mass is 14.6. The van der Waals surface area contributed by atoms with Crippen molar-refractivity contribution in [3.63, 3.8) is 0 Å². The van der Waals surface area contributed by atoms with E-state index in [9.17, 15) is 0 Å². The van der Waals surface area contributed by atoms with Crippen molar-refractivity contribution in [2.24, 2.45) is 5.73 Å². The van der Waals surface area contributed by atoms with Crippen molar-refractivity contribution < 1.29 is 0 Å². The monoisotopic (exact) mass is 173 g/mol. The second kappa shape index (κ2) is 3.94. The van der Waals surface area contributed by atoms with Crippen LogP contribution in [0, 0.1) is 6.92 Å². The summed E-state index contributed by atoms with van der Waals surface area (Å²) in [6.45, 7) is 7.80. The van der Waals surface area contributed by atoms with Crippen molar-refractivity contribution in [3.8, 4) is 0 Å². The standard InChI is InChI=1S/C12H15N/c1-4-11(10(3)13)12-8-6-5-7-9(12)2/h4-8H,3,13H2,1-2H3/b11-4-. The first-order valence-corrected chi connectivity index (χ1v) is 4.34. The van der Waals surface area contributed by atoms with Crippen molar-refractivity contribution in [2.75, 3.05) is 0 Å². The van der Waals surface area contributed by atoms with E-state index in [0.717, 1.165) is 11.1 Å². The molecule has 0 saturated heterocycles. The number of hydrogen-bond acceptors (Lipinski definition) is 1. The second-order valence-corrected chi connectivity index (χ2v) is 3.04. The fraction of sp³-hybridized carbons (Fsp3) is 0.167. The van der Waals surface area contributed by atoms with E-state index >= 15 is 0 Å². The van der Waals surface area contributed by atoms with Gasteiger partial charge in [0.15, 0.2) is 0 Å². The van der Waals surface area contributed by atoms with Crippen LogP contribution in [-0.2, 0) is 0 Å². The minimum absolute atomic E-state index is 0.622. The zero-order valence-electron chi connectivity index (χ0n) is 8.17. The average Bonchev–Trinajstić information content (AvgIpc) is 2.09. The quantitative estimate of drug-likeness (QED) is 0.684. The van der Waals surface area contributed by atoms with Gasteiger partial charge in [0.2, 0.25) is 0 Å². The average molecular weight is 173 g/mol. The predicted octanol–water partition coefficient (Wildman–Crippen LogP) is 2.87. The van der Waals surface area contributed by atoms with Crippen LogP contribution < -0.4 is 5.73 Å². The van der Waals surface area contributed by atoms with Crippen LogP contribution in [-0.4, -0.2) is 0 Å². The lowest BCUT2D eigenvalue weighted by Crippen LogP contribution is -1.99. The van der Waals surface area contributed by atoms with Crippen molar-refractivity contribution in [1.82, 2.24) is 0 Å². The van der Waals surface area contributed by atoms with E-state index in [4.69, 9.17) is 5.73 Å². The number of aryl methyl sites for hydroxylation is 1. The zero-order chi connectivity index (χ0) is 9.84. The van der Waals surface area contributed by atoms with Gasteiger partial charge in [0.05, 0.1) is 0 Å². The molecule has 0 fully saturated rings. The Morgan fingerprint density at radius 1 is 1.38 bits per heavy atom. The van der Waals surface area contributed by atoms with Gasteiger partial charge < -0.3 is 5.73 Å². The molecule has 68 valence electrons. The Balaban J connectivity index is 3.21. The minimum Gasteiger partial charge on any atom is -0.399 e. The summed E-state index contributed by atoms with van der Waals surface area (Å²) in [5.74, 6) is 0. The SMILES string of the molecule is C=C(N)/C(=C/C)c1ccccc1C. The summed E-state index contributed by atoms with van der Waals surface area (Å²) in [4.78, 5) is 0. The maximum absolute atomic E-state index is 5.69. The van der Waals surface area contributed by atoms with Crippen LogP contribution in [0.4, 0.5) is 0 Å². The highest BCUT2D eigenvalue weighted by Crippen LogP contribution is 2.21. The summed E-state index contributed by atoms with van der Waals surface area (Å²) in [7, 11) is 0. The molecule has 13 heavy (non-hydrogen) atoms. The lowest BCUT2D eigenvalue weighted by Gasteiger charge is -2.09. The number of benzene rings is 1. The first-order chi connectivity index (χ1) is 6.16. The molecule has 2 N–H and O–H groups in total. The molecular formula is C12H15N. The van der Waals surface area contributed by atoms with E-state index in [2.05, 4.69) is 25.6 Å². The van der Waals surface area contributed by atoms with E-state index < -0.39 is 0 Å². The van der Waals surface area contributed by atoms with Crippen LogP contribution in [0.1, 0.15) is 18.1 Å². The van der Waals surface area contributed by atoms with Crippen molar-refractivity contribution in [1.29, 1.82) is 0 Å². The van der Waals surface area contributed by atoms with E-state index in [1.165, 1.54) is 5.56 Å². The van der Waals surface area contributed by atoms with Gasteiger partial charge in [-0.1, -0.05) is 36.9 Å². The predicted molar refractivity (Wildman–Crippen MR) is 58.2 cm³/mol. The fourth-order valence-electron chi connectivity index (χ4n) is 1.39. The van der Waals surface area contributed by atoms with Gasteiger partial charge in [0.25, 0.3) is 0 Å². The molecule has 0 spiro atoms. The van der Waals surface area contributed by atoms with Gasteiger partial charge in [-0.05, 0) is 25.0 Å². The van der Waals surface area contributed by atoms with Gasteiger partial charge in [-0.15, -0.1) is 0 Å². The normalized spacial score (nSPS) is 11.4. The molecule has 1 aromatic carbocycles. The summed E-state index contributed by atoms with van der Waals surface area (Å²) in [5, 5.41) is 0.